The summed E-state index contributed by atoms with van der Waals surface area (Å²) in [5, 5.41) is 3.34. The fourth-order valence-electron chi connectivity index (χ4n) is 3.27. The lowest BCUT2D eigenvalue weighted by atomic mass is 10.0. The molecule has 3 aromatic rings. The number of ether oxygens (including phenoxy) is 2. The molecule has 5 heteroatoms. The Labute approximate surface area is 197 Å². The molecule has 0 aliphatic carbocycles. The molecule has 170 valence electrons. The van der Waals surface area contributed by atoms with Crippen molar-refractivity contribution in [3.8, 4) is 23.0 Å². The van der Waals surface area contributed by atoms with Crippen LogP contribution in [-0.2, 0) is 0 Å². The molecule has 1 N–H and O–H groups in total. The number of halogens is 1. The molecule has 0 saturated heterocycles. The first kappa shape index (κ1) is 25.4. The lowest BCUT2D eigenvalue weighted by molar-refractivity contribution is 0.0935. The van der Waals surface area contributed by atoms with Crippen molar-refractivity contribution in [2.75, 3.05) is 0 Å². The number of carbonyl (C=O) groups excluding carboxylic acids is 1. The van der Waals surface area contributed by atoms with Crippen molar-refractivity contribution in [1.29, 1.82) is 0 Å². The number of hydrogen-bond acceptors (Lipinski definition) is 4. The average Bonchev–Trinajstić information content (AvgIpc) is 2.75. The van der Waals surface area contributed by atoms with Crippen molar-refractivity contribution >= 4 is 18.2 Å². The van der Waals surface area contributed by atoms with Gasteiger partial charge in [0.15, 0.2) is 17.3 Å². The van der Waals surface area contributed by atoms with Gasteiger partial charge in [-0.1, -0.05) is 56.2 Å². The maximum absolute atomic E-state index is 13.1. The molecule has 3 rings (SSSR count). The van der Waals surface area contributed by atoms with Crippen molar-refractivity contribution in [3.05, 3.63) is 83.4 Å². The third kappa shape index (κ3) is 6.84. The van der Waals surface area contributed by atoms with Crippen LogP contribution in [0.3, 0.4) is 0 Å². The van der Waals surface area contributed by atoms with E-state index in [4.69, 9.17) is 9.47 Å². The SMILES string of the molecule is CCC(NC(C)C)C(=O)c1ccc(Oc2ccc(C)cc2)c(Oc2ccc(C)cc2)c1.Cl. The quantitative estimate of drug-likeness (QED) is 0.346. The summed E-state index contributed by atoms with van der Waals surface area (Å²) >= 11 is 0. The molecule has 0 aromatic heterocycles. The summed E-state index contributed by atoms with van der Waals surface area (Å²) in [6.07, 6.45) is 0.715. The van der Waals surface area contributed by atoms with Gasteiger partial charge in [-0.3, -0.25) is 4.79 Å². The number of carbonyl (C=O) groups is 1. The van der Waals surface area contributed by atoms with Gasteiger partial charge >= 0.3 is 0 Å². The first-order valence-electron chi connectivity index (χ1n) is 10.8. The third-order valence-corrected chi connectivity index (χ3v) is 4.99. The van der Waals surface area contributed by atoms with Crippen LogP contribution < -0.4 is 14.8 Å². The zero-order valence-corrected chi connectivity index (χ0v) is 20.2. The first-order valence-corrected chi connectivity index (χ1v) is 10.8. The number of rotatable bonds is 9. The second-order valence-corrected chi connectivity index (χ2v) is 8.14. The van der Waals surface area contributed by atoms with E-state index in [2.05, 4.69) is 5.32 Å². The number of nitrogens with one attached hydrogen (secondary N) is 1. The molecule has 0 aliphatic heterocycles. The highest BCUT2D eigenvalue weighted by molar-refractivity contribution is 6.00. The maximum atomic E-state index is 13.1. The summed E-state index contributed by atoms with van der Waals surface area (Å²) in [5.41, 5.74) is 2.91. The molecule has 32 heavy (non-hydrogen) atoms. The summed E-state index contributed by atoms with van der Waals surface area (Å²) in [6.45, 7) is 10.2. The van der Waals surface area contributed by atoms with Gasteiger partial charge in [0.1, 0.15) is 11.5 Å². The third-order valence-electron chi connectivity index (χ3n) is 4.99. The van der Waals surface area contributed by atoms with E-state index in [1.165, 1.54) is 0 Å². The van der Waals surface area contributed by atoms with Gasteiger partial charge < -0.3 is 14.8 Å². The van der Waals surface area contributed by atoms with Gasteiger partial charge in [0, 0.05) is 11.6 Å². The summed E-state index contributed by atoms with van der Waals surface area (Å²) in [4.78, 5) is 13.1. The highest BCUT2D eigenvalue weighted by Gasteiger charge is 2.21. The molecular weight excluding hydrogens is 422 g/mol. The Kier molecular flexibility index (Phi) is 9.30. The number of Topliss-reactive ketones (excluding diaryl/α,β-unsaturated/α-hetero) is 1. The number of ketones is 1. The fraction of sp³-hybridized carbons (Fsp3) is 0.296. The van der Waals surface area contributed by atoms with E-state index in [9.17, 15) is 4.79 Å². The first-order chi connectivity index (χ1) is 14.9. The average molecular weight is 454 g/mol. The van der Waals surface area contributed by atoms with Crippen molar-refractivity contribution in [3.63, 3.8) is 0 Å². The summed E-state index contributed by atoms with van der Waals surface area (Å²) in [7, 11) is 0. The van der Waals surface area contributed by atoms with Gasteiger partial charge in [0.25, 0.3) is 0 Å². The molecule has 0 radical (unpaired) electrons. The highest BCUT2D eigenvalue weighted by Crippen LogP contribution is 2.36. The van der Waals surface area contributed by atoms with Gasteiger partial charge in [0.05, 0.1) is 6.04 Å². The van der Waals surface area contributed by atoms with Gasteiger partial charge in [-0.25, -0.2) is 0 Å². The molecule has 1 unspecified atom stereocenters. The second kappa shape index (κ2) is 11.7. The standard InChI is InChI=1S/C27H31NO3.ClH/c1-6-24(28-18(2)3)27(29)21-11-16-25(30-22-12-7-19(4)8-13-22)26(17-21)31-23-14-9-20(5)10-15-23;/h7-18,24,28H,6H2,1-5H3;1H. The zero-order chi connectivity index (χ0) is 22.4. The van der Waals surface area contributed by atoms with Crippen LogP contribution in [0.15, 0.2) is 66.7 Å². The Morgan fingerprint density at radius 1 is 0.812 bits per heavy atom. The van der Waals surface area contributed by atoms with Gasteiger partial charge in [-0.2, -0.15) is 0 Å². The Morgan fingerprint density at radius 2 is 1.31 bits per heavy atom. The highest BCUT2D eigenvalue weighted by atomic mass is 35.5. The molecule has 0 saturated carbocycles. The van der Waals surface area contributed by atoms with Crippen LogP contribution >= 0.6 is 12.4 Å². The Morgan fingerprint density at radius 3 is 1.78 bits per heavy atom. The van der Waals surface area contributed by atoms with E-state index in [1.807, 2.05) is 83.1 Å². The van der Waals surface area contributed by atoms with Crippen LogP contribution in [0.2, 0.25) is 0 Å². The number of aryl methyl sites for hydroxylation is 2. The van der Waals surface area contributed by atoms with E-state index >= 15 is 0 Å². The summed E-state index contributed by atoms with van der Waals surface area (Å²) in [5.74, 6) is 2.52. The topological polar surface area (TPSA) is 47.6 Å². The molecule has 0 spiro atoms. The minimum absolute atomic E-state index is 0. The van der Waals surface area contributed by atoms with E-state index in [0.29, 0.717) is 35.0 Å². The van der Waals surface area contributed by atoms with Crippen LogP contribution in [0.1, 0.15) is 48.7 Å². The Hall–Kier alpha value is -2.82. The molecule has 4 nitrogen and oxygen atoms in total. The van der Waals surface area contributed by atoms with Crippen LogP contribution in [0.25, 0.3) is 0 Å². The summed E-state index contributed by atoms with van der Waals surface area (Å²) < 4.78 is 12.2. The minimum Gasteiger partial charge on any atom is -0.453 e. The monoisotopic (exact) mass is 453 g/mol. The molecular formula is C27H32ClNO3. The van der Waals surface area contributed by atoms with Crippen LogP contribution in [0, 0.1) is 13.8 Å². The molecule has 0 heterocycles. The fourth-order valence-corrected chi connectivity index (χ4v) is 3.27. The molecule has 0 bridgehead atoms. The second-order valence-electron chi connectivity index (χ2n) is 8.14. The van der Waals surface area contributed by atoms with Crippen LogP contribution in [0.4, 0.5) is 0 Å². The summed E-state index contributed by atoms with van der Waals surface area (Å²) in [6, 6.07) is 21.0. The van der Waals surface area contributed by atoms with E-state index in [0.717, 1.165) is 11.1 Å². The van der Waals surface area contributed by atoms with Gasteiger partial charge in [-0.15, -0.1) is 12.4 Å². The van der Waals surface area contributed by atoms with E-state index < -0.39 is 0 Å². The van der Waals surface area contributed by atoms with Crippen molar-refractivity contribution in [2.45, 2.75) is 53.1 Å². The smallest absolute Gasteiger partial charge is 0.179 e. The molecule has 0 fully saturated rings. The Balaban J connectivity index is 0.00000363. The van der Waals surface area contributed by atoms with E-state index in [-0.39, 0.29) is 30.3 Å². The molecule has 1 atom stereocenters. The van der Waals surface area contributed by atoms with Crippen molar-refractivity contribution < 1.29 is 14.3 Å². The van der Waals surface area contributed by atoms with Crippen molar-refractivity contribution in [1.82, 2.24) is 5.32 Å². The van der Waals surface area contributed by atoms with Crippen LogP contribution in [0.5, 0.6) is 23.0 Å². The Bertz CT molecular complexity index is 1010. The molecule has 0 amide bonds. The van der Waals surface area contributed by atoms with Crippen molar-refractivity contribution in [2.24, 2.45) is 0 Å². The number of hydrogen-bond donors (Lipinski definition) is 1. The predicted molar refractivity (Wildman–Crippen MR) is 133 cm³/mol. The van der Waals surface area contributed by atoms with Crippen LogP contribution in [-0.4, -0.2) is 17.9 Å². The maximum Gasteiger partial charge on any atom is 0.179 e. The van der Waals surface area contributed by atoms with E-state index in [1.54, 1.807) is 18.2 Å². The molecule has 0 aliphatic rings. The zero-order valence-electron chi connectivity index (χ0n) is 19.3. The normalized spacial score (nSPS) is 11.6. The molecule has 3 aromatic carbocycles. The lowest BCUT2D eigenvalue weighted by Gasteiger charge is -2.20. The van der Waals surface area contributed by atoms with Gasteiger partial charge in [0.2, 0.25) is 0 Å². The largest absolute Gasteiger partial charge is 0.453 e. The van der Waals surface area contributed by atoms with Gasteiger partial charge in [-0.05, 0) is 62.7 Å². The predicted octanol–water partition coefficient (Wildman–Crippen LogP) is 7.27. The minimum atomic E-state index is -0.240. The lowest BCUT2D eigenvalue weighted by Crippen LogP contribution is -2.40. The number of benzene rings is 3.